The zero-order chi connectivity index (χ0) is 24.6. The summed E-state index contributed by atoms with van der Waals surface area (Å²) in [5, 5.41) is 5.66. The number of oxazole rings is 1. The fraction of sp³-hybridized carbons (Fsp3) is 0.250. The number of hydrogen-bond donors (Lipinski definition) is 2. The van der Waals surface area contributed by atoms with Crippen LogP contribution in [0.2, 0.25) is 0 Å². The van der Waals surface area contributed by atoms with Crippen molar-refractivity contribution in [1.29, 1.82) is 0 Å². The first-order chi connectivity index (χ1) is 17.0. The van der Waals surface area contributed by atoms with Crippen LogP contribution in [0.15, 0.2) is 82.0 Å². The molecule has 0 unspecified atom stereocenters. The minimum atomic E-state index is -0.311. The van der Waals surface area contributed by atoms with Crippen LogP contribution in [-0.2, 0) is 24.2 Å². The van der Waals surface area contributed by atoms with Crippen molar-refractivity contribution in [2.45, 2.75) is 39.7 Å². The van der Waals surface area contributed by atoms with Crippen molar-refractivity contribution in [2.75, 3.05) is 5.32 Å². The maximum absolute atomic E-state index is 12.3. The highest BCUT2D eigenvalue weighted by molar-refractivity contribution is 6.02. The fourth-order valence-electron chi connectivity index (χ4n) is 3.65. The lowest BCUT2D eigenvalue weighted by molar-refractivity contribution is -0.121. The molecule has 4 rings (SSSR count). The monoisotopic (exact) mass is 471 g/mol. The standard InChI is InChI=1S/C28H29N3O4/c1-19(2)16-20-5-9-22(10-6-20)25-18-30-27(35-25)14-13-26(32)29-17-21-7-11-23(12-8-21)31-28(33)24-4-3-15-34-24/h3-12,15,18-19H,13-14,16-17H2,1-2H3,(H,29,32)(H,31,33). The molecule has 0 spiro atoms. The van der Waals surface area contributed by atoms with Gasteiger partial charge in [-0.05, 0) is 47.7 Å². The number of furan rings is 1. The molecule has 7 nitrogen and oxygen atoms in total. The first kappa shape index (κ1) is 24.0. The predicted molar refractivity (Wildman–Crippen MR) is 134 cm³/mol. The van der Waals surface area contributed by atoms with Gasteiger partial charge in [0.15, 0.2) is 17.4 Å². The average Bonchev–Trinajstić information content (AvgIpc) is 3.55. The third kappa shape index (κ3) is 6.93. The third-order valence-corrected chi connectivity index (χ3v) is 5.45. The Labute approximate surface area is 204 Å². The molecule has 0 saturated heterocycles. The molecular weight excluding hydrogens is 442 g/mol. The quantitative estimate of drug-likeness (QED) is 0.312. The van der Waals surface area contributed by atoms with E-state index in [4.69, 9.17) is 8.83 Å². The number of aryl methyl sites for hydroxylation is 1. The summed E-state index contributed by atoms with van der Waals surface area (Å²) < 4.78 is 10.9. The van der Waals surface area contributed by atoms with Crippen LogP contribution in [0.4, 0.5) is 5.69 Å². The Morgan fingerprint density at radius 1 is 0.971 bits per heavy atom. The minimum absolute atomic E-state index is 0.0852. The van der Waals surface area contributed by atoms with Gasteiger partial charge in [0.2, 0.25) is 5.91 Å². The molecular formula is C28H29N3O4. The smallest absolute Gasteiger partial charge is 0.291 e. The van der Waals surface area contributed by atoms with Gasteiger partial charge < -0.3 is 19.5 Å². The SMILES string of the molecule is CC(C)Cc1ccc(-c2cnc(CCC(=O)NCc3ccc(NC(=O)c4ccco4)cc3)o2)cc1. The highest BCUT2D eigenvalue weighted by Gasteiger charge is 2.11. The van der Waals surface area contributed by atoms with Gasteiger partial charge in [0.05, 0.1) is 12.5 Å². The summed E-state index contributed by atoms with van der Waals surface area (Å²) in [6, 6.07) is 18.9. The number of aromatic nitrogens is 1. The fourth-order valence-corrected chi connectivity index (χ4v) is 3.65. The van der Waals surface area contributed by atoms with Crippen molar-refractivity contribution >= 4 is 17.5 Å². The Hall–Kier alpha value is -4.13. The topological polar surface area (TPSA) is 97.4 Å². The summed E-state index contributed by atoms with van der Waals surface area (Å²) >= 11 is 0. The van der Waals surface area contributed by atoms with E-state index in [1.54, 1.807) is 30.5 Å². The van der Waals surface area contributed by atoms with Gasteiger partial charge in [-0.15, -0.1) is 0 Å². The lowest BCUT2D eigenvalue weighted by atomic mass is 10.0. The van der Waals surface area contributed by atoms with E-state index in [0.29, 0.717) is 36.2 Å². The second-order valence-electron chi connectivity index (χ2n) is 8.82. The third-order valence-electron chi connectivity index (χ3n) is 5.45. The molecule has 0 aliphatic heterocycles. The Balaban J connectivity index is 1.21. The van der Waals surface area contributed by atoms with Crippen LogP contribution in [0, 0.1) is 5.92 Å². The first-order valence-corrected chi connectivity index (χ1v) is 11.7. The van der Waals surface area contributed by atoms with Crippen LogP contribution in [0.3, 0.4) is 0 Å². The molecule has 0 saturated carbocycles. The summed E-state index contributed by atoms with van der Waals surface area (Å²) in [6.07, 6.45) is 4.91. The molecule has 0 atom stereocenters. The number of rotatable bonds is 10. The maximum Gasteiger partial charge on any atom is 0.291 e. The van der Waals surface area contributed by atoms with E-state index in [1.165, 1.54) is 11.8 Å². The highest BCUT2D eigenvalue weighted by Crippen LogP contribution is 2.22. The molecule has 0 bridgehead atoms. The van der Waals surface area contributed by atoms with Gasteiger partial charge in [0.1, 0.15) is 0 Å². The second kappa shape index (κ2) is 11.3. The van der Waals surface area contributed by atoms with Crippen molar-refractivity contribution in [3.63, 3.8) is 0 Å². The highest BCUT2D eigenvalue weighted by atomic mass is 16.4. The van der Waals surface area contributed by atoms with Crippen LogP contribution < -0.4 is 10.6 Å². The van der Waals surface area contributed by atoms with Crippen LogP contribution in [-0.4, -0.2) is 16.8 Å². The molecule has 7 heteroatoms. The second-order valence-corrected chi connectivity index (χ2v) is 8.82. The molecule has 0 aliphatic rings. The zero-order valence-electron chi connectivity index (χ0n) is 19.9. The lowest BCUT2D eigenvalue weighted by Crippen LogP contribution is -2.23. The number of anilines is 1. The summed E-state index contributed by atoms with van der Waals surface area (Å²) in [4.78, 5) is 28.6. The van der Waals surface area contributed by atoms with E-state index in [0.717, 1.165) is 17.5 Å². The van der Waals surface area contributed by atoms with Gasteiger partial charge >= 0.3 is 0 Å². The molecule has 35 heavy (non-hydrogen) atoms. The number of hydrogen-bond acceptors (Lipinski definition) is 5. The number of nitrogens with one attached hydrogen (secondary N) is 2. The normalized spacial score (nSPS) is 10.9. The van der Waals surface area contributed by atoms with Crippen LogP contribution in [0.25, 0.3) is 11.3 Å². The van der Waals surface area contributed by atoms with Crippen LogP contribution in [0.1, 0.15) is 47.8 Å². The van der Waals surface area contributed by atoms with E-state index < -0.39 is 0 Å². The van der Waals surface area contributed by atoms with E-state index in [2.05, 4.69) is 41.6 Å². The number of nitrogens with zero attached hydrogens (tertiary/aromatic N) is 1. The van der Waals surface area contributed by atoms with Gasteiger partial charge in [-0.1, -0.05) is 50.2 Å². The Bertz CT molecular complexity index is 1240. The van der Waals surface area contributed by atoms with Crippen LogP contribution >= 0.6 is 0 Å². The van der Waals surface area contributed by atoms with Gasteiger partial charge in [-0.2, -0.15) is 0 Å². The summed E-state index contributed by atoms with van der Waals surface area (Å²) in [5.41, 5.74) is 3.85. The number of carbonyl (C=O) groups is 2. The molecule has 0 radical (unpaired) electrons. The molecule has 0 aliphatic carbocycles. The molecule has 2 aromatic heterocycles. The van der Waals surface area contributed by atoms with Crippen molar-refractivity contribution < 1.29 is 18.4 Å². The van der Waals surface area contributed by atoms with Crippen LogP contribution in [0.5, 0.6) is 0 Å². The Morgan fingerprint density at radius 3 is 2.40 bits per heavy atom. The summed E-state index contributed by atoms with van der Waals surface area (Å²) in [6.45, 7) is 4.80. The van der Waals surface area contributed by atoms with E-state index in [1.807, 2.05) is 24.3 Å². The number of amides is 2. The molecule has 2 heterocycles. The molecule has 0 fully saturated rings. The molecule has 2 amide bonds. The van der Waals surface area contributed by atoms with Crippen molar-refractivity contribution in [2.24, 2.45) is 5.92 Å². The molecule has 2 aromatic carbocycles. The van der Waals surface area contributed by atoms with E-state index >= 15 is 0 Å². The Morgan fingerprint density at radius 2 is 1.71 bits per heavy atom. The van der Waals surface area contributed by atoms with Crippen molar-refractivity contribution in [3.05, 3.63) is 95.9 Å². The number of carbonyl (C=O) groups excluding carboxylic acids is 2. The lowest BCUT2D eigenvalue weighted by Gasteiger charge is -2.07. The predicted octanol–water partition coefficient (Wildman–Crippen LogP) is 5.63. The van der Waals surface area contributed by atoms with Gasteiger partial charge in [-0.3, -0.25) is 9.59 Å². The average molecular weight is 472 g/mol. The van der Waals surface area contributed by atoms with E-state index in [9.17, 15) is 9.59 Å². The number of benzene rings is 2. The summed E-state index contributed by atoms with van der Waals surface area (Å²) in [5.74, 6) is 1.71. The molecule has 2 N–H and O–H groups in total. The molecule has 180 valence electrons. The van der Waals surface area contributed by atoms with Crippen molar-refractivity contribution in [3.8, 4) is 11.3 Å². The molecule has 4 aromatic rings. The maximum atomic E-state index is 12.3. The largest absolute Gasteiger partial charge is 0.459 e. The van der Waals surface area contributed by atoms with Gasteiger partial charge in [0.25, 0.3) is 5.91 Å². The summed E-state index contributed by atoms with van der Waals surface area (Å²) in [7, 11) is 0. The van der Waals surface area contributed by atoms with Crippen molar-refractivity contribution in [1.82, 2.24) is 10.3 Å². The zero-order valence-corrected chi connectivity index (χ0v) is 19.9. The van der Waals surface area contributed by atoms with Gasteiger partial charge in [-0.25, -0.2) is 4.98 Å². The minimum Gasteiger partial charge on any atom is -0.459 e. The first-order valence-electron chi connectivity index (χ1n) is 11.7. The van der Waals surface area contributed by atoms with E-state index in [-0.39, 0.29) is 24.0 Å². The van der Waals surface area contributed by atoms with Gasteiger partial charge in [0, 0.05) is 30.6 Å². The Kier molecular flexibility index (Phi) is 7.77.